The van der Waals surface area contributed by atoms with Gasteiger partial charge in [-0.1, -0.05) is 25.5 Å². The first-order valence-corrected chi connectivity index (χ1v) is 7.68. The minimum Gasteiger partial charge on any atom is -0.310 e. The van der Waals surface area contributed by atoms with E-state index in [1.54, 1.807) is 0 Å². The molecule has 1 aliphatic rings. The lowest BCUT2D eigenvalue weighted by Crippen LogP contribution is -2.23. The highest BCUT2D eigenvalue weighted by Crippen LogP contribution is 2.48. The summed E-state index contributed by atoms with van der Waals surface area (Å²) < 4.78 is 1.30. The topological polar surface area (TPSA) is 24.9 Å². The largest absolute Gasteiger partial charge is 0.310 e. The summed E-state index contributed by atoms with van der Waals surface area (Å²) in [6.07, 6.45) is 5.50. The number of hydrogen-bond acceptors (Lipinski definition) is 3. The number of nitrogens with zero attached hydrogens (tertiary/aromatic N) is 1. The second kappa shape index (κ2) is 4.98. The Balaban J connectivity index is 1.57. The van der Waals surface area contributed by atoms with Crippen LogP contribution in [0.2, 0.25) is 0 Å². The van der Waals surface area contributed by atoms with Crippen molar-refractivity contribution in [3.8, 4) is 0 Å². The summed E-state index contributed by atoms with van der Waals surface area (Å²) in [5.74, 6) is 0. The quantitative estimate of drug-likeness (QED) is 0.850. The zero-order valence-electron chi connectivity index (χ0n) is 10.9. The molecular formula is C15H20N2S. The fraction of sp³-hybridized carbons (Fsp3) is 0.533. The molecule has 0 spiro atoms. The fourth-order valence-electron chi connectivity index (χ4n) is 2.65. The van der Waals surface area contributed by atoms with Crippen molar-refractivity contribution in [2.24, 2.45) is 5.41 Å². The van der Waals surface area contributed by atoms with Crippen LogP contribution < -0.4 is 5.32 Å². The molecule has 1 aromatic carbocycles. The lowest BCUT2D eigenvalue weighted by molar-refractivity contribution is 0.420. The highest BCUT2D eigenvalue weighted by molar-refractivity contribution is 7.18. The number of hydrogen-bond donors (Lipinski definition) is 1. The molecule has 1 saturated carbocycles. The molecule has 0 bridgehead atoms. The molecule has 0 amide bonds. The molecule has 0 atom stereocenters. The molecule has 96 valence electrons. The van der Waals surface area contributed by atoms with Gasteiger partial charge in [0.05, 0.1) is 10.2 Å². The average Bonchev–Trinajstić information content (AvgIpc) is 3.01. The van der Waals surface area contributed by atoms with Crippen LogP contribution in [0.5, 0.6) is 0 Å². The van der Waals surface area contributed by atoms with Crippen molar-refractivity contribution in [3.63, 3.8) is 0 Å². The lowest BCUT2D eigenvalue weighted by atomic mass is 10.0. The van der Waals surface area contributed by atoms with E-state index in [1.807, 2.05) is 11.3 Å². The highest BCUT2D eigenvalue weighted by atomic mass is 32.1. The van der Waals surface area contributed by atoms with Gasteiger partial charge >= 0.3 is 0 Å². The van der Waals surface area contributed by atoms with E-state index in [0.717, 1.165) is 18.6 Å². The van der Waals surface area contributed by atoms with Gasteiger partial charge in [0.1, 0.15) is 5.01 Å². The number of fused-ring (bicyclic) bond motifs is 1. The van der Waals surface area contributed by atoms with E-state index in [-0.39, 0.29) is 0 Å². The van der Waals surface area contributed by atoms with Gasteiger partial charge < -0.3 is 5.32 Å². The molecular weight excluding hydrogens is 240 g/mol. The molecule has 2 aromatic rings. The number of para-hydroxylation sites is 1. The summed E-state index contributed by atoms with van der Waals surface area (Å²) in [5, 5.41) is 4.81. The summed E-state index contributed by atoms with van der Waals surface area (Å²) in [4.78, 5) is 4.65. The van der Waals surface area contributed by atoms with E-state index in [2.05, 4.69) is 41.5 Å². The van der Waals surface area contributed by atoms with Gasteiger partial charge in [-0.25, -0.2) is 4.98 Å². The first-order valence-electron chi connectivity index (χ1n) is 6.86. The molecule has 3 heteroatoms. The van der Waals surface area contributed by atoms with Crippen LogP contribution in [-0.2, 0) is 6.54 Å². The fourth-order valence-corrected chi connectivity index (χ4v) is 3.59. The normalized spacial score (nSPS) is 17.2. The van der Waals surface area contributed by atoms with Crippen molar-refractivity contribution in [2.45, 2.75) is 39.2 Å². The third-order valence-electron chi connectivity index (χ3n) is 3.85. The molecule has 1 N–H and O–H groups in total. The third kappa shape index (κ3) is 2.57. The Morgan fingerprint density at radius 1 is 1.33 bits per heavy atom. The number of nitrogens with one attached hydrogen (secondary N) is 1. The number of rotatable bonds is 6. The van der Waals surface area contributed by atoms with E-state index in [0.29, 0.717) is 5.41 Å². The van der Waals surface area contributed by atoms with Gasteiger partial charge in [0.2, 0.25) is 0 Å². The van der Waals surface area contributed by atoms with E-state index < -0.39 is 0 Å². The molecule has 3 rings (SSSR count). The monoisotopic (exact) mass is 260 g/mol. The zero-order chi connectivity index (χ0) is 12.4. The maximum absolute atomic E-state index is 4.65. The predicted molar refractivity (Wildman–Crippen MR) is 77.9 cm³/mol. The molecule has 1 heterocycles. The van der Waals surface area contributed by atoms with Crippen LogP contribution in [0.4, 0.5) is 0 Å². The minimum absolute atomic E-state index is 0.630. The van der Waals surface area contributed by atoms with E-state index in [1.165, 1.54) is 35.4 Å². The molecule has 0 aliphatic heterocycles. The molecule has 0 radical (unpaired) electrons. The Hall–Kier alpha value is -0.930. The Morgan fingerprint density at radius 3 is 2.89 bits per heavy atom. The maximum Gasteiger partial charge on any atom is 0.108 e. The third-order valence-corrected chi connectivity index (χ3v) is 4.89. The Labute approximate surface area is 112 Å². The van der Waals surface area contributed by atoms with Gasteiger partial charge in [-0.3, -0.25) is 0 Å². The second-order valence-electron chi connectivity index (χ2n) is 5.43. The number of aromatic nitrogens is 1. The van der Waals surface area contributed by atoms with Gasteiger partial charge in [0.25, 0.3) is 0 Å². The van der Waals surface area contributed by atoms with Gasteiger partial charge in [-0.15, -0.1) is 11.3 Å². The van der Waals surface area contributed by atoms with Crippen molar-refractivity contribution < 1.29 is 0 Å². The Kier molecular flexibility index (Phi) is 3.35. The van der Waals surface area contributed by atoms with Crippen LogP contribution in [0.1, 0.15) is 37.6 Å². The van der Waals surface area contributed by atoms with Crippen molar-refractivity contribution in [3.05, 3.63) is 29.3 Å². The molecule has 0 unspecified atom stereocenters. The number of thiazole rings is 1. The summed E-state index contributed by atoms with van der Waals surface area (Å²) in [5.41, 5.74) is 1.76. The standard InChI is InChI=1S/C15H20N2S/c1-2-7-15(8-9-15)11-16-10-14-17-12-5-3-4-6-13(12)18-14/h3-6,16H,2,7-11H2,1H3. The lowest BCUT2D eigenvalue weighted by Gasteiger charge is -2.13. The first kappa shape index (κ1) is 12.1. The average molecular weight is 260 g/mol. The highest BCUT2D eigenvalue weighted by Gasteiger charge is 2.40. The van der Waals surface area contributed by atoms with Crippen LogP contribution >= 0.6 is 11.3 Å². The maximum atomic E-state index is 4.65. The van der Waals surface area contributed by atoms with Crippen LogP contribution in [0.15, 0.2) is 24.3 Å². The smallest absolute Gasteiger partial charge is 0.108 e. The van der Waals surface area contributed by atoms with Gasteiger partial charge in [0, 0.05) is 13.1 Å². The summed E-state index contributed by atoms with van der Waals surface area (Å²) in [6, 6.07) is 8.38. The predicted octanol–water partition coefficient (Wildman–Crippen LogP) is 3.97. The first-order chi connectivity index (χ1) is 8.81. The molecule has 1 aliphatic carbocycles. The zero-order valence-corrected chi connectivity index (χ0v) is 11.7. The van der Waals surface area contributed by atoms with Crippen molar-refractivity contribution in [2.75, 3.05) is 6.54 Å². The molecule has 18 heavy (non-hydrogen) atoms. The van der Waals surface area contributed by atoms with Crippen LogP contribution in [0, 0.1) is 5.41 Å². The van der Waals surface area contributed by atoms with Crippen molar-refractivity contribution in [1.29, 1.82) is 0 Å². The van der Waals surface area contributed by atoms with Gasteiger partial charge in [0.15, 0.2) is 0 Å². The van der Waals surface area contributed by atoms with Crippen molar-refractivity contribution in [1.82, 2.24) is 10.3 Å². The second-order valence-corrected chi connectivity index (χ2v) is 6.54. The van der Waals surface area contributed by atoms with E-state index in [4.69, 9.17) is 0 Å². The Morgan fingerprint density at radius 2 is 2.17 bits per heavy atom. The summed E-state index contributed by atoms with van der Waals surface area (Å²) >= 11 is 1.81. The molecule has 0 saturated heterocycles. The van der Waals surface area contributed by atoms with E-state index >= 15 is 0 Å². The summed E-state index contributed by atoms with van der Waals surface area (Å²) in [7, 11) is 0. The van der Waals surface area contributed by atoms with Crippen molar-refractivity contribution >= 4 is 21.6 Å². The van der Waals surface area contributed by atoms with Crippen LogP contribution in [-0.4, -0.2) is 11.5 Å². The Bertz CT molecular complexity index is 495. The molecule has 1 fully saturated rings. The summed E-state index contributed by atoms with van der Waals surface area (Å²) in [6.45, 7) is 4.37. The van der Waals surface area contributed by atoms with Crippen LogP contribution in [0.25, 0.3) is 10.2 Å². The number of benzene rings is 1. The minimum atomic E-state index is 0.630. The van der Waals surface area contributed by atoms with Crippen LogP contribution in [0.3, 0.4) is 0 Å². The van der Waals surface area contributed by atoms with Gasteiger partial charge in [-0.2, -0.15) is 0 Å². The SMILES string of the molecule is CCCC1(CNCc2nc3ccccc3s2)CC1. The molecule has 1 aromatic heterocycles. The van der Waals surface area contributed by atoms with Gasteiger partial charge in [-0.05, 0) is 36.8 Å². The molecule has 2 nitrogen and oxygen atoms in total. The van der Waals surface area contributed by atoms with E-state index in [9.17, 15) is 0 Å².